The Labute approximate surface area is 221 Å². The molecule has 0 amide bonds. The third kappa shape index (κ3) is 6.01. The summed E-state index contributed by atoms with van der Waals surface area (Å²) in [6, 6.07) is 21.4. The molecule has 3 N–H and O–H groups in total. The van der Waals surface area contributed by atoms with Gasteiger partial charge in [-0.25, -0.2) is 18.5 Å². The van der Waals surface area contributed by atoms with E-state index >= 15 is 0 Å². The first kappa shape index (κ1) is 26.2. The molecule has 0 saturated carbocycles. The van der Waals surface area contributed by atoms with Gasteiger partial charge in [-0.15, -0.1) is 0 Å². The zero-order valence-corrected chi connectivity index (χ0v) is 21.6. The topological polar surface area (TPSA) is 138 Å². The maximum absolute atomic E-state index is 11.6. The standard InChI is InChI=1S/C28H29N3O6S/c29-38(33,34)23-11-9-21(10-12-23)27-26(20-5-2-1-3-6-20)31-25(37-27)13-16-36-19-22-7-4-8-24(30-22)28(32)14-17-35-18-15-28/h1-12,32H,13-19H2,(H2,29,33,34). The van der Waals surface area contributed by atoms with E-state index < -0.39 is 15.6 Å². The van der Waals surface area contributed by atoms with Crippen molar-refractivity contribution in [2.45, 2.75) is 36.4 Å². The van der Waals surface area contributed by atoms with Crippen molar-refractivity contribution in [2.75, 3.05) is 19.8 Å². The van der Waals surface area contributed by atoms with Crippen LogP contribution in [-0.4, -0.2) is 43.3 Å². The second-order valence-corrected chi connectivity index (χ2v) is 10.7. The molecule has 3 heterocycles. The predicted octanol–water partition coefficient (Wildman–Crippen LogP) is 3.81. The SMILES string of the molecule is NS(=O)(=O)c1ccc(-c2oc(CCOCc3cccc(C4(O)CCOCC4)n3)nc2-c2ccccc2)cc1. The van der Waals surface area contributed by atoms with E-state index in [9.17, 15) is 13.5 Å². The van der Waals surface area contributed by atoms with Crippen LogP contribution in [-0.2, 0) is 38.1 Å². The molecule has 0 unspecified atom stereocenters. The summed E-state index contributed by atoms with van der Waals surface area (Å²) in [5, 5.41) is 16.2. The van der Waals surface area contributed by atoms with Crippen LogP contribution < -0.4 is 5.14 Å². The van der Waals surface area contributed by atoms with E-state index in [-0.39, 0.29) is 11.5 Å². The number of ether oxygens (including phenoxy) is 2. The predicted molar refractivity (Wildman–Crippen MR) is 140 cm³/mol. The Balaban J connectivity index is 1.28. The van der Waals surface area contributed by atoms with Gasteiger partial charge in [0.2, 0.25) is 10.0 Å². The van der Waals surface area contributed by atoms with Crippen molar-refractivity contribution >= 4 is 10.0 Å². The Hall–Kier alpha value is -3.41. The lowest BCUT2D eigenvalue weighted by atomic mass is 9.90. The average Bonchev–Trinajstić information content (AvgIpc) is 3.36. The zero-order chi connectivity index (χ0) is 26.6. The van der Waals surface area contributed by atoms with E-state index in [4.69, 9.17) is 24.0 Å². The van der Waals surface area contributed by atoms with Gasteiger partial charge in [0, 0.05) is 43.6 Å². The number of pyridine rings is 1. The Bertz CT molecular complexity index is 1480. The third-order valence-corrected chi connectivity index (χ3v) is 7.41. The molecular weight excluding hydrogens is 506 g/mol. The first-order valence-corrected chi connectivity index (χ1v) is 13.9. The fraction of sp³-hybridized carbons (Fsp3) is 0.286. The van der Waals surface area contributed by atoms with Gasteiger partial charge in [0.15, 0.2) is 11.7 Å². The highest BCUT2D eigenvalue weighted by Crippen LogP contribution is 2.33. The number of nitrogens with zero attached hydrogens (tertiary/aromatic N) is 2. The molecule has 5 rings (SSSR count). The summed E-state index contributed by atoms with van der Waals surface area (Å²) in [7, 11) is -3.80. The highest BCUT2D eigenvalue weighted by Gasteiger charge is 2.33. The van der Waals surface area contributed by atoms with Crippen molar-refractivity contribution in [1.29, 1.82) is 0 Å². The van der Waals surface area contributed by atoms with Gasteiger partial charge in [-0.05, 0) is 36.4 Å². The van der Waals surface area contributed by atoms with Gasteiger partial charge in [-0.3, -0.25) is 4.98 Å². The molecule has 9 nitrogen and oxygen atoms in total. The molecule has 1 aliphatic rings. The number of sulfonamides is 1. The normalized spacial score (nSPS) is 15.4. The summed E-state index contributed by atoms with van der Waals surface area (Å²) >= 11 is 0. The van der Waals surface area contributed by atoms with Gasteiger partial charge in [0.25, 0.3) is 0 Å². The molecule has 4 aromatic rings. The van der Waals surface area contributed by atoms with E-state index in [0.717, 1.165) is 11.3 Å². The summed E-state index contributed by atoms with van der Waals surface area (Å²) < 4.78 is 40.6. The van der Waals surface area contributed by atoms with E-state index in [2.05, 4.69) is 4.98 Å². The summed E-state index contributed by atoms with van der Waals surface area (Å²) in [5.74, 6) is 1.03. The van der Waals surface area contributed by atoms with Crippen molar-refractivity contribution in [3.63, 3.8) is 0 Å². The summed E-state index contributed by atoms with van der Waals surface area (Å²) in [6.07, 6.45) is 1.46. The number of hydrogen-bond acceptors (Lipinski definition) is 8. The zero-order valence-electron chi connectivity index (χ0n) is 20.7. The number of rotatable bonds is 9. The first-order chi connectivity index (χ1) is 18.3. The maximum Gasteiger partial charge on any atom is 0.238 e. The monoisotopic (exact) mass is 535 g/mol. The molecule has 10 heteroatoms. The number of aliphatic hydroxyl groups is 1. The summed E-state index contributed by atoms with van der Waals surface area (Å²) in [6.45, 7) is 1.66. The van der Waals surface area contributed by atoms with Crippen LogP contribution in [0.3, 0.4) is 0 Å². The molecule has 2 aromatic heterocycles. The van der Waals surface area contributed by atoms with Crippen LogP contribution in [0.5, 0.6) is 0 Å². The van der Waals surface area contributed by atoms with Crippen LogP contribution in [0.4, 0.5) is 0 Å². The van der Waals surface area contributed by atoms with Gasteiger partial charge in [-0.1, -0.05) is 36.4 Å². The number of hydrogen-bond donors (Lipinski definition) is 2. The molecule has 198 valence electrons. The van der Waals surface area contributed by atoms with Gasteiger partial charge in [-0.2, -0.15) is 0 Å². The highest BCUT2D eigenvalue weighted by molar-refractivity contribution is 7.89. The molecule has 1 aliphatic heterocycles. The Morgan fingerprint density at radius 1 is 0.921 bits per heavy atom. The van der Waals surface area contributed by atoms with E-state index in [1.165, 1.54) is 12.1 Å². The first-order valence-electron chi connectivity index (χ1n) is 12.3. The fourth-order valence-corrected chi connectivity index (χ4v) is 4.89. The van der Waals surface area contributed by atoms with E-state index in [1.807, 2.05) is 48.5 Å². The third-order valence-electron chi connectivity index (χ3n) is 6.48. The smallest absolute Gasteiger partial charge is 0.238 e. The second-order valence-electron chi connectivity index (χ2n) is 9.18. The van der Waals surface area contributed by atoms with Crippen LogP contribution in [0.2, 0.25) is 0 Å². The van der Waals surface area contributed by atoms with Crippen LogP contribution in [0, 0.1) is 0 Å². The second kappa shape index (κ2) is 11.1. The van der Waals surface area contributed by atoms with Gasteiger partial charge >= 0.3 is 0 Å². The quantitative estimate of drug-likeness (QED) is 0.309. The lowest BCUT2D eigenvalue weighted by molar-refractivity contribution is -0.0707. The number of nitrogens with two attached hydrogens (primary N) is 1. The lowest BCUT2D eigenvalue weighted by Crippen LogP contribution is -2.34. The number of primary sulfonamides is 1. The van der Waals surface area contributed by atoms with Crippen molar-refractivity contribution in [2.24, 2.45) is 5.14 Å². The minimum absolute atomic E-state index is 0.0252. The average molecular weight is 536 g/mol. The number of benzene rings is 2. The maximum atomic E-state index is 11.6. The number of aromatic nitrogens is 2. The molecule has 1 fully saturated rings. The molecule has 38 heavy (non-hydrogen) atoms. The van der Waals surface area contributed by atoms with Crippen LogP contribution in [0.25, 0.3) is 22.6 Å². The van der Waals surface area contributed by atoms with E-state index in [1.54, 1.807) is 12.1 Å². The molecule has 0 aliphatic carbocycles. The molecular formula is C28H29N3O6S. The lowest BCUT2D eigenvalue weighted by Gasteiger charge is -2.31. The number of oxazole rings is 1. The summed E-state index contributed by atoms with van der Waals surface area (Å²) in [5.41, 5.74) is 2.62. The molecule has 2 aromatic carbocycles. The van der Waals surface area contributed by atoms with Gasteiger partial charge < -0.3 is 19.0 Å². The molecule has 0 spiro atoms. The molecule has 0 bridgehead atoms. The molecule has 0 radical (unpaired) electrons. The van der Waals surface area contributed by atoms with Crippen LogP contribution >= 0.6 is 0 Å². The van der Waals surface area contributed by atoms with Crippen molar-refractivity contribution in [1.82, 2.24) is 9.97 Å². The fourth-order valence-electron chi connectivity index (χ4n) is 4.38. The molecule has 1 saturated heterocycles. The highest BCUT2D eigenvalue weighted by atomic mass is 32.2. The Morgan fingerprint density at radius 3 is 2.37 bits per heavy atom. The Morgan fingerprint density at radius 2 is 1.66 bits per heavy atom. The van der Waals surface area contributed by atoms with Gasteiger partial charge in [0.1, 0.15) is 11.3 Å². The van der Waals surface area contributed by atoms with Gasteiger partial charge in [0.05, 0.1) is 29.5 Å². The minimum atomic E-state index is -3.80. The minimum Gasteiger partial charge on any atom is -0.440 e. The van der Waals surface area contributed by atoms with Crippen molar-refractivity contribution in [3.05, 3.63) is 90.1 Å². The molecule has 0 atom stereocenters. The summed E-state index contributed by atoms with van der Waals surface area (Å²) in [4.78, 5) is 9.35. The van der Waals surface area contributed by atoms with Crippen LogP contribution in [0.1, 0.15) is 30.1 Å². The van der Waals surface area contributed by atoms with Crippen molar-refractivity contribution < 1.29 is 27.4 Å². The largest absolute Gasteiger partial charge is 0.440 e. The van der Waals surface area contributed by atoms with Crippen molar-refractivity contribution in [3.8, 4) is 22.6 Å². The van der Waals surface area contributed by atoms with E-state index in [0.29, 0.717) is 67.7 Å². The van der Waals surface area contributed by atoms with Crippen LogP contribution in [0.15, 0.2) is 82.1 Å². The Kier molecular flexibility index (Phi) is 7.68.